The van der Waals surface area contributed by atoms with E-state index < -0.39 is 0 Å². The van der Waals surface area contributed by atoms with E-state index in [0.717, 1.165) is 19.6 Å². The monoisotopic (exact) mass is 258 g/mol. The van der Waals surface area contributed by atoms with Gasteiger partial charge in [0, 0.05) is 25.7 Å². The van der Waals surface area contributed by atoms with Crippen LogP contribution in [0, 0.1) is 11.8 Å². The van der Waals surface area contributed by atoms with Crippen LogP contribution < -0.4 is 0 Å². The minimum absolute atomic E-state index is 0.0871. The van der Waals surface area contributed by atoms with Gasteiger partial charge < -0.3 is 9.64 Å². The van der Waals surface area contributed by atoms with Gasteiger partial charge in [0.25, 0.3) is 0 Å². The highest BCUT2D eigenvalue weighted by atomic mass is 16.5. The van der Waals surface area contributed by atoms with E-state index in [4.69, 9.17) is 4.74 Å². The van der Waals surface area contributed by atoms with E-state index in [0.29, 0.717) is 5.92 Å². The molecule has 0 fully saturated rings. The first kappa shape index (κ1) is 17.4. The second-order valence-electron chi connectivity index (χ2n) is 5.74. The number of ether oxygens (including phenoxy) is 1. The summed E-state index contributed by atoms with van der Waals surface area (Å²) in [4.78, 5) is 16.2. The summed E-state index contributed by atoms with van der Waals surface area (Å²) in [5, 5.41) is 0. The summed E-state index contributed by atoms with van der Waals surface area (Å²) in [6, 6.07) is 0.208. The zero-order chi connectivity index (χ0) is 14.3. The first-order valence-electron chi connectivity index (χ1n) is 6.76. The molecule has 0 aliphatic heterocycles. The molecule has 0 radical (unpaired) electrons. The van der Waals surface area contributed by atoms with Gasteiger partial charge in [-0.2, -0.15) is 0 Å². The lowest BCUT2D eigenvalue weighted by atomic mass is 10.0. The molecule has 0 spiro atoms. The number of carbonyl (C=O) groups excluding carboxylic acids is 1. The topological polar surface area (TPSA) is 32.8 Å². The van der Waals surface area contributed by atoms with Crippen LogP contribution >= 0.6 is 0 Å². The molecule has 0 aromatic heterocycles. The Morgan fingerprint density at radius 3 is 2.06 bits per heavy atom. The van der Waals surface area contributed by atoms with Crippen molar-refractivity contribution in [3.63, 3.8) is 0 Å². The summed E-state index contributed by atoms with van der Waals surface area (Å²) in [7, 11) is 5.60. The van der Waals surface area contributed by atoms with E-state index >= 15 is 0 Å². The number of hydrogen-bond donors (Lipinski definition) is 0. The Hall–Kier alpha value is -0.610. The molecule has 0 heterocycles. The molecular weight excluding hydrogens is 228 g/mol. The third-order valence-electron chi connectivity index (χ3n) is 3.31. The number of carbonyl (C=O) groups is 1. The predicted molar refractivity (Wildman–Crippen MR) is 75.6 cm³/mol. The van der Waals surface area contributed by atoms with Crippen molar-refractivity contribution in [3.05, 3.63) is 0 Å². The minimum atomic E-state index is -0.124. The lowest BCUT2D eigenvalue weighted by molar-refractivity contribution is -0.147. The fourth-order valence-corrected chi connectivity index (χ4v) is 1.96. The Labute approximate surface area is 112 Å². The van der Waals surface area contributed by atoms with Crippen molar-refractivity contribution < 1.29 is 9.53 Å². The molecule has 0 aliphatic carbocycles. The number of nitrogens with zero attached hydrogens (tertiary/aromatic N) is 2. The van der Waals surface area contributed by atoms with Crippen LogP contribution in [0.25, 0.3) is 0 Å². The number of methoxy groups -OCH3 is 1. The zero-order valence-corrected chi connectivity index (χ0v) is 13.1. The summed E-state index contributed by atoms with van der Waals surface area (Å²) >= 11 is 0. The van der Waals surface area contributed by atoms with Crippen molar-refractivity contribution in [1.82, 2.24) is 9.80 Å². The van der Waals surface area contributed by atoms with Crippen LogP contribution in [0.4, 0.5) is 0 Å². The molecule has 0 amide bonds. The van der Waals surface area contributed by atoms with E-state index in [2.05, 4.69) is 44.7 Å². The smallest absolute Gasteiger partial charge is 0.309 e. The van der Waals surface area contributed by atoms with Gasteiger partial charge in [-0.05, 0) is 26.9 Å². The van der Waals surface area contributed by atoms with E-state index in [1.54, 1.807) is 0 Å². The minimum Gasteiger partial charge on any atom is -0.469 e. The number of esters is 1. The summed E-state index contributed by atoms with van der Waals surface area (Å²) in [5.74, 6) is 0.386. The van der Waals surface area contributed by atoms with Crippen LogP contribution in [0.5, 0.6) is 0 Å². The van der Waals surface area contributed by atoms with Gasteiger partial charge in [0.05, 0.1) is 13.0 Å². The van der Waals surface area contributed by atoms with Crippen molar-refractivity contribution >= 4 is 5.97 Å². The van der Waals surface area contributed by atoms with Crippen LogP contribution in [0.3, 0.4) is 0 Å². The number of hydrogen-bond acceptors (Lipinski definition) is 4. The molecule has 2 unspecified atom stereocenters. The molecule has 0 bridgehead atoms. The second-order valence-corrected chi connectivity index (χ2v) is 5.74. The summed E-state index contributed by atoms with van der Waals surface area (Å²) in [6.45, 7) is 11.5. The van der Waals surface area contributed by atoms with Crippen LogP contribution in [-0.2, 0) is 9.53 Å². The van der Waals surface area contributed by atoms with Gasteiger partial charge in [-0.3, -0.25) is 9.69 Å². The largest absolute Gasteiger partial charge is 0.469 e. The second kappa shape index (κ2) is 8.48. The zero-order valence-electron chi connectivity index (χ0n) is 13.1. The normalized spacial score (nSPS) is 15.2. The molecular formula is C14H30N2O2. The molecule has 0 saturated heterocycles. The van der Waals surface area contributed by atoms with E-state index in [1.165, 1.54) is 7.11 Å². The number of likely N-dealkylation sites (N-methyl/N-ethyl adjacent to an activating group) is 1. The van der Waals surface area contributed by atoms with Crippen LogP contribution in [0.15, 0.2) is 0 Å². The van der Waals surface area contributed by atoms with Gasteiger partial charge in [0.15, 0.2) is 0 Å². The SMILES string of the molecule is COC(=O)C(C)C(C)N(CCN(C)C)CC(C)C. The molecule has 18 heavy (non-hydrogen) atoms. The molecule has 0 aliphatic rings. The Kier molecular flexibility index (Phi) is 8.20. The van der Waals surface area contributed by atoms with E-state index in [-0.39, 0.29) is 17.9 Å². The Morgan fingerprint density at radius 2 is 1.67 bits per heavy atom. The highest BCUT2D eigenvalue weighted by Crippen LogP contribution is 2.14. The van der Waals surface area contributed by atoms with Gasteiger partial charge in [-0.25, -0.2) is 0 Å². The Bertz CT molecular complexity index is 242. The van der Waals surface area contributed by atoms with Gasteiger partial charge in [0.1, 0.15) is 0 Å². The lowest BCUT2D eigenvalue weighted by Gasteiger charge is -2.34. The highest BCUT2D eigenvalue weighted by molar-refractivity contribution is 5.72. The number of rotatable bonds is 8. The first-order valence-corrected chi connectivity index (χ1v) is 6.76. The quantitative estimate of drug-likeness (QED) is 0.621. The predicted octanol–water partition coefficient (Wildman–Crippen LogP) is 1.70. The third kappa shape index (κ3) is 6.36. The van der Waals surface area contributed by atoms with Crippen molar-refractivity contribution in [2.45, 2.75) is 33.7 Å². The van der Waals surface area contributed by atoms with E-state index in [9.17, 15) is 4.79 Å². The molecule has 0 rings (SSSR count). The molecule has 4 nitrogen and oxygen atoms in total. The van der Waals surface area contributed by atoms with Gasteiger partial charge in [-0.1, -0.05) is 20.8 Å². The molecule has 108 valence electrons. The average molecular weight is 258 g/mol. The molecule has 4 heteroatoms. The van der Waals surface area contributed by atoms with Gasteiger partial charge >= 0.3 is 5.97 Å². The van der Waals surface area contributed by atoms with Crippen molar-refractivity contribution in [2.75, 3.05) is 40.8 Å². The maximum absolute atomic E-state index is 11.6. The average Bonchev–Trinajstić information content (AvgIpc) is 2.30. The summed E-state index contributed by atoms with van der Waals surface area (Å²) in [6.07, 6.45) is 0. The van der Waals surface area contributed by atoms with Crippen LogP contribution in [-0.4, -0.2) is 62.7 Å². The Morgan fingerprint density at radius 1 is 1.11 bits per heavy atom. The fourth-order valence-electron chi connectivity index (χ4n) is 1.96. The highest BCUT2D eigenvalue weighted by Gasteiger charge is 2.26. The lowest BCUT2D eigenvalue weighted by Crippen LogP contribution is -2.45. The molecule has 0 N–H and O–H groups in total. The molecule has 0 aromatic carbocycles. The van der Waals surface area contributed by atoms with Crippen LogP contribution in [0.2, 0.25) is 0 Å². The standard InChI is InChI=1S/C14H30N2O2/c1-11(2)10-16(9-8-15(5)6)13(4)12(3)14(17)18-7/h11-13H,8-10H2,1-7H3. The van der Waals surface area contributed by atoms with Gasteiger partial charge in [0.2, 0.25) is 0 Å². The first-order chi connectivity index (χ1) is 8.29. The third-order valence-corrected chi connectivity index (χ3v) is 3.31. The van der Waals surface area contributed by atoms with Crippen molar-refractivity contribution in [3.8, 4) is 0 Å². The summed E-state index contributed by atoms with van der Waals surface area (Å²) in [5.41, 5.74) is 0. The summed E-state index contributed by atoms with van der Waals surface area (Å²) < 4.78 is 4.84. The maximum Gasteiger partial charge on any atom is 0.309 e. The van der Waals surface area contributed by atoms with Crippen molar-refractivity contribution in [1.29, 1.82) is 0 Å². The molecule has 0 saturated carbocycles. The fraction of sp³-hybridized carbons (Fsp3) is 0.929. The van der Waals surface area contributed by atoms with Crippen molar-refractivity contribution in [2.24, 2.45) is 11.8 Å². The maximum atomic E-state index is 11.6. The molecule has 2 atom stereocenters. The van der Waals surface area contributed by atoms with Gasteiger partial charge in [-0.15, -0.1) is 0 Å². The van der Waals surface area contributed by atoms with Crippen LogP contribution in [0.1, 0.15) is 27.7 Å². The van der Waals surface area contributed by atoms with E-state index in [1.807, 2.05) is 6.92 Å². The Balaban J connectivity index is 4.56. The molecule has 0 aromatic rings.